The van der Waals surface area contributed by atoms with Crippen LogP contribution in [0.2, 0.25) is 0 Å². The first-order chi connectivity index (χ1) is 13.3. The number of ether oxygens (including phenoxy) is 1. The molecule has 172 valence electrons. The van der Waals surface area contributed by atoms with Gasteiger partial charge in [0.25, 0.3) is 0 Å². The molecule has 0 aliphatic carbocycles. The number of hydrogen-bond acceptors (Lipinski definition) is 11. The van der Waals surface area contributed by atoms with Crippen molar-refractivity contribution < 1.29 is 65.8 Å². The predicted molar refractivity (Wildman–Crippen MR) is 91.3 cm³/mol. The van der Waals surface area contributed by atoms with Crippen LogP contribution in [0.5, 0.6) is 0 Å². The van der Waals surface area contributed by atoms with Gasteiger partial charge < -0.3 is 34.5 Å². The third-order valence-corrected chi connectivity index (χ3v) is 7.55. The Morgan fingerprint density at radius 1 is 1.23 bits per heavy atom. The number of nitrogens with one attached hydrogen (secondary N) is 1. The van der Waals surface area contributed by atoms with Crippen molar-refractivity contribution in [2.24, 2.45) is 0 Å². The molecule has 1 aliphatic rings. The number of H-pyrrole nitrogens is 1. The third kappa shape index (κ3) is 5.97. The Kier molecular flexibility index (Phi) is 7.12. The fourth-order valence-corrected chi connectivity index (χ4v) is 5.48. The van der Waals surface area contributed by atoms with E-state index in [4.69, 9.17) is 19.4 Å². The molecule has 7 N–H and O–H groups in total. The van der Waals surface area contributed by atoms with Crippen LogP contribution in [-0.4, -0.2) is 57.3 Å². The molecule has 2 rings (SSSR count). The minimum absolute atomic E-state index is 0.398. The van der Waals surface area contributed by atoms with E-state index in [1.165, 1.54) is 0 Å². The molecular formula is C9H14FN2O14P3S. The van der Waals surface area contributed by atoms with Crippen LogP contribution < -0.4 is 5.69 Å². The average Bonchev–Trinajstić information content (AvgIpc) is 2.70. The molecule has 6 atom stereocenters. The zero-order valence-corrected chi connectivity index (χ0v) is 17.8. The molecule has 3 unspecified atom stereocenters. The van der Waals surface area contributed by atoms with Crippen molar-refractivity contribution in [2.75, 3.05) is 0 Å². The number of rotatable bonds is 7. The summed E-state index contributed by atoms with van der Waals surface area (Å²) in [6.45, 7) is 0.870. The third-order valence-electron chi connectivity index (χ3n) is 3.45. The molecular weight excluding hydrogens is 504 g/mol. The summed E-state index contributed by atoms with van der Waals surface area (Å²) in [6, 6.07) is 0. The van der Waals surface area contributed by atoms with E-state index < -0.39 is 63.8 Å². The average molecular weight is 518 g/mol. The van der Waals surface area contributed by atoms with Crippen molar-refractivity contribution in [3.63, 3.8) is 0 Å². The molecule has 0 saturated carbocycles. The second-order valence-electron chi connectivity index (χ2n) is 5.87. The summed E-state index contributed by atoms with van der Waals surface area (Å²) in [5.74, 6) is -1.13. The Morgan fingerprint density at radius 2 is 1.80 bits per heavy atom. The van der Waals surface area contributed by atoms with E-state index >= 15 is 0 Å². The highest BCUT2D eigenvalue weighted by atomic mass is 32.1. The summed E-state index contributed by atoms with van der Waals surface area (Å²) in [6.07, 6.45) is -5.99. The van der Waals surface area contributed by atoms with Gasteiger partial charge in [0, 0.05) is 0 Å². The van der Waals surface area contributed by atoms with Gasteiger partial charge in [0.15, 0.2) is 12.0 Å². The standard InChI is InChI=1S/C9H14FN2O14P3S/c1-9(15)4(13)6(23-7(9)12-2-3(10)5(30)11-8(12)14)24-28(19,20)26-29(21,22)25-27(16,17)18/h2,4,6-7,13,15H,1H3,(H,19,20)(H,21,22)(H,11,14,30)(H2,16,17,18)/t4-,6+,7+,9?/m0/s1. The Morgan fingerprint density at radius 3 is 2.33 bits per heavy atom. The minimum atomic E-state index is -5.86. The SMILES string of the molecule is CC1(O)[C@@H](O)[C@@H](OP(=O)(O)OP(=O)(O)OP(=O)(O)O)O[C@H]1n1cc(F)c(=S)[nH]c1=O. The lowest BCUT2D eigenvalue weighted by Crippen LogP contribution is -2.46. The second kappa shape index (κ2) is 8.35. The number of halogens is 1. The number of aromatic amines is 1. The van der Waals surface area contributed by atoms with Crippen LogP contribution in [0.15, 0.2) is 11.0 Å². The highest BCUT2D eigenvalue weighted by Gasteiger charge is 2.57. The van der Waals surface area contributed by atoms with Crippen molar-refractivity contribution in [1.29, 1.82) is 0 Å². The maximum absolute atomic E-state index is 13.7. The normalized spacial score (nSPS) is 31.3. The van der Waals surface area contributed by atoms with Gasteiger partial charge in [-0.05, 0) is 6.92 Å². The summed E-state index contributed by atoms with van der Waals surface area (Å²) in [5.41, 5.74) is -3.58. The van der Waals surface area contributed by atoms with Crippen LogP contribution in [0.1, 0.15) is 13.2 Å². The number of phosphoric ester groups is 1. The quantitative estimate of drug-likeness (QED) is 0.175. The number of aliphatic hydroxyl groups excluding tert-OH is 1. The molecule has 1 fully saturated rings. The Bertz CT molecular complexity index is 1080. The van der Waals surface area contributed by atoms with Crippen LogP contribution in [0.3, 0.4) is 0 Å². The maximum atomic E-state index is 13.7. The zero-order valence-electron chi connectivity index (χ0n) is 14.3. The molecule has 0 spiro atoms. The van der Waals surface area contributed by atoms with Gasteiger partial charge in [0.2, 0.25) is 6.29 Å². The Balaban J connectivity index is 2.28. The summed E-state index contributed by atoms with van der Waals surface area (Å²) in [5, 5.41) is 20.5. The maximum Gasteiger partial charge on any atom is 0.490 e. The fourth-order valence-electron chi connectivity index (χ4n) is 2.26. The first-order valence-corrected chi connectivity index (χ1v) is 12.2. The topological polar surface area (TPSA) is 247 Å². The predicted octanol–water partition coefficient (Wildman–Crippen LogP) is -0.645. The van der Waals surface area contributed by atoms with Crippen molar-refractivity contribution in [2.45, 2.75) is 31.1 Å². The van der Waals surface area contributed by atoms with Crippen molar-refractivity contribution in [3.05, 3.63) is 27.1 Å². The number of nitrogens with zero attached hydrogens (tertiary/aromatic N) is 1. The van der Waals surface area contributed by atoms with Crippen LogP contribution in [0.25, 0.3) is 0 Å². The molecule has 0 bridgehead atoms. The minimum Gasteiger partial charge on any atom is -0.385 e. The van der Waals surface area contributed by atoms with Crippen molar-refractivity contribution in [3.8, 4) is 0 Å². The first kappa shape index (κ1) is 25.6. The van der Waals surface area contributed by atoms with Crippen molar-refractivity contribution in [1.82, 2.24) is 9.55 Å². The van der Waals surface area contributed by atoms with Crippen molar-refractivity contribution >= 4 is 35.7 Å². The fraction of sp³-hybridized carbons (Fsp3) is 0.556. The van der Waals surface area contributed by atoms with Gasteiger partial charge in [-0.3, -0.25) is 14.1 Å². The van der Waals surface area contributed by atoms with Crippen LogP contribution in [0.4, 0.5) is 4.39 Å². The van der Waals surface area contributed by atoms with Gasteiger partial charge in [-0.15, -0.1) is 0 Å². The lowest BCUT2D eigenvalue weighted by molar-refractivity contribution is -0.137. The van der Waals surface area contributed by atoms with Crippen LogP contribution >= 0.6 is 35.7 Å². The molecule has 1 aromatic heterocycles. The van der Waals surface area contributed by atoms with E-state index in [-0.39, 0.29) is 0 Å². The number of phosphoric acid groups is 3. The van der Waals surface area contributed by atoms with Crippen LogP contribution in [0, 0.1) is 10.5 Å². The number of hydrogen-bond donors (Lipinski definition) is 7. The van der Waals surface area contributed by atoms with E-state index in [0.717, 1.165) is 6.92 Å². The molecule has 1 saturated heterocycles. The molecule has 16 nitrogen and oxygen atoms in total. The van der Waals surface area contributed by atoms with Gasteiger partial charge in [-0.1, -0.05) is 12.2 Å². The van der Waals surface area contributed by atoms with Gasteiger partial charge in [-0.2, -0.15) is 8.62 Å². The highest BCUT2D eigenvalue weighted by molar-refractivity contribution is 7.71. The lowest BCUT2D eigenvalue weighted by Gasteiger charge is -2.27. The lowest BCUT2D eigenvalue weighted by atomic mass is 9.99. The van der Waals surface area contributed by atoms with Gasteiger partial charge in [0.1, 0.15) is 16.3 Å². The van der Waals surface area contributed by atoms with E-state index in [1.807, 2.05) is 4.98 Å². The summed E-state index contributed by atoms with van der Waals surface area (Å²) >= 11 is 4.51. The van der Waals surface area contributed by atoms with E-state index in [1.54, 1.807) is 0 Å². The molecule has 2 heterocycles. The van der Waals surface area contributed by atoms with E-state index in [9.17, 15) is 38.0 Å². The molecule has 1 aliphatic heterocycles. The molecule has 0 aromatic carbocycles. The zero-order chi connectivity index (χ0) is 23.3. The number of aromatic nitrogens is 2. The Hall–Kier alpha value is -0.680. The van der Waals surface area contributed by atoms with Gasteiger partial charge in [-0.25, -0.2) is 22.9 Å². The first-order valence-electron chi connectivity index (χ1n) is 7.24. The molecule has 0 amide bonds. The largest absolute Gasteiger partial charge is 0.490 e. The number of aliphatic hydroxyl groups is 2. The summed E-state index contributed by atoms with van der Waals surface area (Å²) in [4.78, 5) is 49.4. The second-order valence-corrected chi connectivity index (χ2v) is 10.6. The van der Waals surface area contributed by atoms with E-state index in [0.29, 0.717) is 10.8 Å². The molecule has 1 aromatic rings. The van der Waals surface area contributed by atoms with E-state index in [2.05, 4.69) is 25.4 Å². The highest BCUT2D eigenvalue weighted by Crippen LogP contribution is 2.67. The summed E-state index contributed by atoms with van der Waals surface area (Å²) < 4.78 is 63.5. The smallest absolute Gasteiger partial charge is 0.385 e. The monoisotopic (exact) mass is 518 g/mol. The molecule has 21 heteroatoms. The van der Waals surface area contributed by atoms with Gasteiger partial charge >= 0.3 is 29.2 Å². The van der Waals surface area contributed by atoms with Crippen LogP contribution in [-0.2, 0) is 31.6 Å². The Labute approximate surface area is 169 Å². The summed E-state index contributed by atoms with van der Waals surface area (Å²) in [7, 11) is -17.3. The molecule has 30 heavy (non-hydrogen) atoms. The van der Waals surface area contributed by atoms with Gasteiger partial charge in [0.05, 0.1) is 6.20 Å². The molecule has 0 radical (unpaired) electrons.